The lowest BCUT2D eigenvalue weighted by molar-refractivity contribution is 0.106. The molecule has 0 aromatic heterocycles. The predicted octanol–water partition coefficient (Wildman–Crippen LogP) is 4.40. The normalized spacial score (nSPS) is 11.2. The Morgan fingerprint density at radius 1 is 0.880 bits per heavy atom. The second-order valence-electron chi connectivity index (χ2n) is 5.37. The molecule has 0 amide bonds. The van der Waals surface area contributed by atoms with Gasteiger partial charge in [0.15, 0.2) is 0 Å². The lowest BCUT2D eigenvalue weighted by atomic mass is 9.99. The number of Topliss-reactive ketones (excluding diaryl/α,β-unsaturated/α-hetero) is 1. The SMILES string of the molecule is COc1ccc(N=C(C(=O)c2ccccc2)c2ccccc2O)cc1. The number of aliphatic imine (C=N–C) groups is 1. The molecule has 0 spiro atoms. The molecule has 3 aromatic carbocycles. The van der Waals surface area contributed by atoms with E-state index in [1.54, 1.807) is 73.8 Å². The molecule has 0 aliphatic rings. The van der Waals surface area contributed by atoms with E-state index in [1.165, 1.54) is 6.07 Å². The molecule has 0 saturated carbocycles. The highest BCUT2D eigenvalue weighted by Gasteiger charge is 2.19. The van der Waals surface area contributed by atoms with Gasteiger partial charge in [-0.3, -0.25) is 4.79 Å². The minimum atomic E-state index is -0.252. The molecule has 4 nitrogen and oxygen atoms in total. The summed E-state index contributed by atoms with van der Waals surface area (Å²) in [5.41, 5.74) is 1.70. The number of phenolic OH excluding ortho intramolecular Hbond substituents is 1. The van der Waals surface area contributed by atoms with Crippen molar-refractivity contribution < 1.29 is 14.6 Å². The molecule has 0 saturated heterocycles. The third-order valence-electron chi connectivity index (χ3n) is 3.72. The molecule has 3 rings (SSSR count). The van der Waals surface area contributed by atoms with Gasteiger partial charge in [-0.15, -0.1) is 0 Å². The maximum absolute atomic E-state index is 13.0. The van der Waals surface area contributed by atoms with Gasteiger partial charge in [0.2, 0.25) is 5.78 Å². The van der Waals surface area contributed by atoms with Gasteiger partial charge < -0.3 is 9.84 Å². The summed E-state index contributed by atoms with van der Waals surface area (Å²) in [6.07, 6.45) is 0. The minimum Gasteiger partial charge on any atom is -0.507 e. The van der Waals surface area contributed by atoms with Gasteiger partial charge in [0.25, 0.3) is 0 Å². The van der Waals surface area contributed by atoms with Gasteiger partial charge in [0.1, 0.15) is 17.2 Å². The van der Waals surface area contributed by atoms with E-state index in [9.17, 15) is 9.90 Å². The number of phenols is 1. The van der Waals surface area contributed by atoms with E-state index in [4.69, 9.17) is 4.74 Å². The summed E-state index contributed by atoms with van der Waals surface area (Å²) < 4.78 is 5.14. The van der Waals surface area contributed by atoms with Crippen LogP contribution in [-0.2, 0) is 0 Å². The molecule has 1 N–H and O–H groups in total. The lowest BCUT2D eigenvalue weighted by Crippen LogP contribution is -2.16. The summed E-state index contributed by atoms with van der Waals surface area (Å²) in [5.74, 6) is 0.467. The van der Waals surface area contributed by atoms with Crippen LogP contribution in [0.25, 0.3) is 0 Å². The largest absolute Gasteiger partial charge is 0.507 e. The topological polar surface area (TPSA) is 58.9 Å². The van der Waals surface area contributed by atoms with Crippen LogP contribution in [0.2, 0.25) is 0 Å². The van der Waals surface area contributed by atoms with E-state index < -0.39 is 0 Å². The van der Waals surface area contributed by atoms with Gasteiger partial charge in [0.05, 0.1) is 12.8 Å². The van der Waals surface area contributed by atoms with Crippen molar-refractivity contribution >= 4 is 17.2 Å². The van der Waals surface area contributed by atoms with E-state index in [0.29, 0.717) is 22.6 Å². The Morgan fingerprint density at radius 3 is 2.16 bits per heavy atom. The zero-order valence-electron chi connectivity index (χ0n) is 13.7. The summed E-state index contributed by atoms with van der Waals surface area (Å²) in [4.78, 5) is 17.5. The first-order valence-corrected chi connectivity index (χ1v) is 7.80. The molecule has 0 aliphatic heterocycles. The number of aromatic hydroxyl groups is 1. The van der Waals surface area contributed by atoms with Gasteiger partial charge in [-0.25, -0.2) is 4.99 Å². The molecular formula is C21H17NO3. The monoisotopic (exact) mass is 331 g/mol. The van der Waals surface area contributed by atoms with E-state index >= 15 is 0 Å². The van der Waals surface area contributed by atoms with Crippen molar-refractivity contribution in [2.24, 2.45) is 4.99 Å². The predicted molar refractivity (Wildman–Crippen MR) is 98.1 cm³/mol. The smallest absolute Gasteiger partial charge is 0.212 e. The van der Waals surface area contributed by atoms with Crippen LogP contribution in [0.4, 0.5) is 5.69 Å². The second-order valence-corrected chi connectivity index (χ2v) is 5.37. The zero-order valence-corrected chi connectivity index (χ0v) is 13.7. The maximum Gasteiger partial charge on any atom is 0.212 e. The van der Waals surface area contributed by atoms with Gasteiger partial charge in [-0.05, 0) is 36.4 Å². The number of hydrogen-bond donors (Lipinski definition) is 1. The number of rotatable bonds is 5. The number of ether oxygens (including phenoxy) is 1. The van der Waals surface area contributed by atoms with E-state index in [1.807, 2.05) is 6.07 Å². The number of para-hydroxylation sites is 1. The van der Waals surface area contributed by atoms with E-state index in [2.05, 4.69) is 4.99 Å². The van der Waals surface area contributed by atoms with Crippen molar-refractivity contribution in [1.29, 1.82) is 0 Å². The minimum absolute atomic E-state index is 0.0130. The van der Waals surface area contributed by atoms with Crippen LogP contribution in [0, 0.1) is 0 Å². The molecule has 124 valence electrons. The van der Waals surface area contributed by atoms with Crippen molar-refractivity contribution in [3.05, 3.63) is 90.0 Å². The molecule has 25 heavy (non-hydrogen) atoms. The van der Waals surface area contributed by atoms with Crippen LogP contribution in [-0.4, -0.2) is 23.7 Å². The molecule has 0 radical (unpaired) electrons. The maximum atomic E-state index is 13.0. The van der Waals surface area contributed by atoms with Crippen molar-refractivity contribution in [1.82, 2.24) is 0 Å². The fraction of sp³-hybridized carbons (Fsp3) is 0.0476. The number of nitrogens with zero attached hydrogens (tertiary/aromatic N) is 1. The average molecular weight is 331 g/mol. The van der Waals surface area contributed by atoms with Crippen LogP contribution < -0.4 is 4.74 Å². The van der Waals surface area contributed by atoms with Crippen LogP contribution in [0.15, 0.2) is 83.9 Å². The average Bonchev–Trinajstić information content (AvgIpc) is 2.67. The lowest BCUT2D eigenvalue weighted by Gasteiger charge is -2.09. The molecule has 0 heterocycles. The first-order valence-electron chi connectivity index (χ1n) is 7.80. The highest BCUT2D eigenvalue weighted by atomic mass is 16.5. The first kappa shape index (κ1) is 16.5. The van der Waals surface area contributed by atoms with Crippen molar-refractivity contribution in [3.8, 4) is 11.5 Å². The number of ketones is 1. The van der Waals surface area contributed by atoms with E-state index in [0.717, 1.165) is 0 Å². The van der Waals surface area contributed by atoms with Gasteiger partial charge >= 0.3 is 0 Å². The fourth-order valence-corrected chi connectivity index (χ4v) is 2.42. The summed E-state index contributed by atoms with van der Waals surface area (Å²) in [7, 11) is 1.59. The van der Waals surface area contributed by atoms with Crippen LogP contribution in [0.5, 0.6) is 11.5 Å². The highest BCUT2D eigenvalue weighted by molar-refractivity contribution is 6.52. The molecule has 0 atom stereocenters. The summed E-state index contributed by atoms with van der Waals surface area (Å²) >= 11 is 0. The number of carbonyl (C=O) groups is 1. The highest BCUT2D eigenvalue weighted by Crippen LogP contribution is 2.24. The summed E-state index contributed by atoms with van der Waals surface area (Å²) in [6, 6.07) is 22.6. The summed E-state index contributed by atoms with van der Waals surface area (Å²) in [6.45, 7) is 0. The fourth-order valence-electron chi connectivity index (χ4n) is 2.42. The Hall–Kier alpha value is -3.40. The van der Waals surface area contributed by atoms with Crippen LogP contribution in [0.1, 0.15) is 15.9 Å². The Bertz CT molecular complexity index is 900. The standard InChI is InChI=1S/C21H17NO3/c1-25-17-13-11-16(12-14-17)22-20(18-9-5-6-10-19(18)23)21(24)15-7-3-2-4-8-15/h2-14,23H,1H3. The third-order valence-corrected chi connectivity index (χ3v) is 3.72. The molecular weight excluding hydrogens is 314 g/mol. The number of benzene rings is 3. The molecule has 4 heteroatoms. The molecule has 0 unspecified atom stereocenters. The van der Waals surface area contributed by atoms with E-state index in [-0.39, 0.29) is 17.2 Å². The quantitative estimate of drug-likeness (QED) is 0.557. The zero-order chi connectivity index (χ0) is 17.6. The molecule has 0 fully saturated rings. The van der Waals surface area contributed by atoms with Crippen molar-refractivity contribution in [2.45, 2.75) is 0 Å². The molecule has 3 aromatic rings. The second kappa shape index (κ2) is 7.45. The van der Waals surface area contributed by atoms with Gasteiger partial charge in [-0.1, -0.05) is 42.5 Å². The van der Waals surface area contributed by atoms with Gasteiger partial charge in [0, 0.05) is 11.1 Å². The van der Waals surface area contributed by atoms with Crippen molar-refractivity contribution in [2.75, 3.05) is 7.11 Å². The third kappa shape index (κ3) is 3.75. The Balaban J connectivity index is 2.10. The number of hydrogen-bond acceptors (Lipinski definition) is 4. The first-order chi connectivity index (χ1) is 12.2. The van der Waals surface area contributed by atoms with Crippen LogP contribution in [0.3, 0.4) is 0 Å². The van der Waals surface area contributed by atoms with Crippen LogP contribution >= 0.6 is 0 Å². The van der Waals surface area contributed by atoms with Crippen molar-refractivity contribution in [3.63, 3.8) is 0 Å². The van der Waals surface area contributed by atoms with Gasteiger partial charge in [-0.2, -0.15) is 0 Å². The number of methoxy groups -OCH3 is 1. The number of carbonyl (C=O) groups excluding carboxylic acids is 1. The Labute approximate surface area is 146 Å². The Morgan fingerprint density at radius 2 is 1.52 bits per heavy atom. The molecule has 0 aliphatic carbocycles. The summed E-state index contributed by atoms with van der Waals surface area (Å²) in [5, 5.41) is 10.2. The Kier molecular flexibility index (Phi) is 4.90. The molecule has 0 bridgehead atoms.